The molecule has 0 aliphatic heterocycles. The molecule has 0 spiro atoms. The molecule has 6 nitrogen and oxygen atoms in total. The number of nitrogens with zero attached hydrogens (tertiary/aromatic N) is 2. The van der Waals surface area contributed by atoms with Crippen LogP contribution in [-0.4, -0.2) is 15.6 Å². The zero-order valence-electron chi connectivity index (χ0n) is 9.79. The van der Waals surface area contributed by atoms with Crippen LogP contribution in [0.15, 0.2) is 23.1 Å². The molecule has 0 saturated heterocycles. The average Bonchev–Trinajstić information content (AvgIpc) is 3.05. The molecule has 1 saturated carbocycles. The number of benzene rings is 1. The van der Waals surface area contributed by atoms with E-state index in [2.05, 4.69) is 6.92 Å². The van der Waals surface area contributed by atoms with E-state index >= 15 is 0 Å². The third-order valence-corrected chi connectivity index (χ3v) is 4.53. The first-order valence-corrected chi connectivity index (χ1v) is 6.45. The summed E-state index contributed by atoms with van der Waals surface area (Å²) >= 11 is 1.40. The molecule has 0 unspecified atom stereocenters. The van der Waals surface area contributed by atoms with Crippen molar-refractivity contribution in [2.75, 3.05) is 5.75 Å². The minimum Gasteiger partial charge on any atom is -0.258 e. The fourth-order valence-electron chi connectivity index (χ4n) is 1.49. The molecule has 1 fully saturated rings. The molecule has 0 N–H and O–H groups in total. The van der Waals surface area contributed by atoms with E-state index in [9.17, 15) is 20.2 Å². The van der Waals surface area contributed by atoms with Gasteiger partial charge in [0.2, 0.25) is 0 Å². The second-order valence-electron chi connectivity index (χ2n) is 4.77. The van der Waals surface area contributed by atoms with Crippen molar-refractivity contribution in [3.63, 3.8) is 0 Å². The maximum atomic E-state index is 10.9. The highest BCUT2D eigenvalue weighted by molar-refractivity contribution is 7.99. The molecule has 18 heavy (non-hydrogen) atoms. The molecule has 0 atom stereocenters. The highest BCUT2D eigenvalue weighted by Crippen LogP contribution is 2.49. The lowest BCUT2D eigenvalue weighted by molar-refractivity contribution is -0.396. The summed E-state index contributed by atoms with van der Waals surface area (Å²) in [5, 5.41) is 21.5. The van der Waals surface area contributed by atoms with Crippen molar-refractivity contribution in [3.05, 3.63) is 38.4 Å². The summed E-state index contributed by atoms with van der Waals surface area (Å²) < 4.78 is 0. The number of hydrogen-bond acceptors (Lipinski definition) is 5. The SMILES string of the molecule is CC1(CSc2ccc([N+](=O)[O-])cc2[N+](=O)[O-])CC1. The van der Waals surface area contributed by atoms with Gasteiger partial charge < -0.3 is 0 Å². The van der Waals surface area contributed by atoms with Crippen LogP contribution < -0.4 is 0 Å². The Morgan fingerprint density at radius 3 is 2.44 bits per heavy atom. The van der Waals surface area contributed by atoms with E-state index in [1.54, 1.807) is 0 Å². The van der Waals surface area contributed by atoms with Gasteiger partial charge in [0.1, 0.15) is 0 Å². The Kier molecular flexibility index (Phi) is 3.25. The van der Waals surface area contributed by atoms with E-state index in [1.165, 1.54) is 23.9 Å². The van der Waals surface area contributed by atoms with Gasteiger partial charge in [-0.3, -0.25) is 20.2 Å². The highest BCUT2D eigenvalue weighted by Gasteiger charge is 2.37. The molecule has 7 heteroatoms. The Bertz CT molecular complexity index is 514. The van der Waals surface area contributed by atoms with Crippen LogP contribution in [-0.2, 0) is 0 Å². The van der Waals surface area contributed by atoms with Gasteiger partial charge in [0.15, 0.2) is 0 Å². The molecule has 1 aliphatic rings. The van der Waals surface area contributed by atoms with Gasteiger partial charge in [-0.05, 0) is 24.3 Å². The van der Waals surface area contributed by atoms with Gasteiger partial charge >= 0.3 is 0 Å². The van der Waals surface area contributed by atoms with Gasteiger partial charge in [0, 0.05) is 11.8 Å². The minimum absolute atomic E-state index is 0.182. The molecule has 2 rings (SSSR count). The maximum Gasteiger partial charge on any atom is 0.289 e. The number of nitro benzene ring substituents is 2. The third-order valence-electron chi connectivity index (χ3n) is 3.03. The van der Waals surface area contributed by atoms with Gasteiger partial charge in [-0.1, -0.05) is 6.92 Å². The second kappa shape index (κ2) is 4.56. The minimum atomic E-state index is -0.621. The number of hydrogen-bond donors (Lipinski definition) is 0. The normalized spacial score (nSPS) is 16.3. The maximum absolute atomic E-state index is 10.9. The Hall–Kier alpha value is -1.63. The average molecular weight is 268 g/mol. The molecule has 1 aliphatic carbocycles. The van der Waals surface area contributed by atoms with Crippen molar-refractivity contribution in [3.8, 4) is 0 Å². The van der Waals surface area contributed by atoms with Crippen LogP contribution >= 0.6 is 11.8 Å². The van der Waals surface area contributed by atoms with Gasteiger partial charge in [-0.15, -0.1) is 11.8 Å². The zero-order chi connectivity index (χ0) is 13.3. The molecule has 0 aromatic heterocycles. The van der Waals surface area contributed by atoms with Gasteiger partial charge in [0.25, 0.3) is 11.4 Å². The number of nitro groups is 2. The molecule has 0 amide bonds. The summed E-state index contributed by atoms with van der Waals surface area (Å²) in [7, 11) is 0. The summed E-state index contributed by atoms with van der Waals surface area (Å²) in [6.07, 6.45) is 2.28. The quantitative estimate of drug-likeness (QED) is 0.464. The predicted molar refractivity (Wildman–Crippen MR) is 67.8 cm³/mol. The van der Waals surface area contributed by atoms with Crippen LogP contribution in [0.5, 0.6) is 0 Å². The fourth-order valence-corrected chi connectivity index (χ4v) is 2.73. The Morgan fingerprint density at radius 1 is 1.28 bits per heavy atom. The zero-order valence-corrected chi connectivity index (χ0v) is 10.6. The first-order valence-electron chi connectivity index (χ1n) is 5.47. The predicted octanol–water partition coefficient (Wildman–Crippen LogP) is 3.40. The van der Waals surface area contributed by atoms with Crippen molar-refractivity contribution in [1.82, 2.24) is 0 Å². The van der Waals surface area contributed by atoms with Crippen LogP contribution in [0.4, 0.5) is 11.4 Å². The first-order chi connectivity index (χ1) is 8.41. The third kappa shape index (κ3) is 2.79. The molecular weight excluding hydrogens is 256 g/mol. The van der Waals surface area contributed by atoms with Crippen molar-refractivity contribution < 1.29 is 9.85 Å². The first kappa shape index (κ1) is 12.8. The molecule has 96 valence electrons. The van der Waals surface area contributed by atoms with Gasteiger partial charge in [0.05, 0.1) is 20.8 Å². The van der Waals surface area contributed by atoms with Crippen LogP contribution in [0.3, 0.4) is 0 Å². The van der Waals surface area contributed by atoms with Crippen LogP contribution in [0, 0.1) is 25.6 Å². The van der Waals surface area contributed by atoms with E-state index < -0.39 is 9.85 Å². The van der Waals surface area contributed by atoms with E-state index in [0.29, 0.717) is 4.90 Å². The smallest absolute Gasteiger partial charge is 0.258 e. The van der Waals surface area contributed by atoms with Crippen molar-refractivity contribution >= 4 is 23.1 Å². The summed E-state index contributed by atoms with van der Waals surface area (Å²) in [5.41, 5.74) is -0.150. The Labute approximate surface area is 108 Å². The van der Waals surface area contributed by atoms with E-state index in [-0.39, 0.29) is 16.8 Å². The van der Waals surface area contributed by atoms with Crippen molar-refractivity contribution in [1.29, 1.82) is 0 Å². The lowest BCUT2D eigenvalue weighted by Crippen LogP contribution is -1.99. The van der Waals surface area contributed by atoms with Crippen molar-refractivity contribution in [2.24, 2.45) is 5.41 Å². The van der Waals surface area contributed by atoms with Gasteiger partial charge in [-0.2, -0.15) is 0 Å². The standard InChI is InChI=1S/C11H12N2O4S/c1-11(4-5-11)7-18-10-3-2-8(12(14)15)6-9(10)13(16)17/h2-3,6H,4-5,7H2,1H3. The molecule has 1 aromatic carbocycles. The van der Waals surface area contributed by atoms with Crippen molar-refractivity contribution in [2.45, 2.75) is 24.7 Å². The summed E-state index contributed by atoms with van der Waals surface area (Å²) in [6.45, 7) is 2.14. The Morgan fingerprint density at radius 2 is 1.94 bits per heavy atom. The topological polar surface area (TPSA) is 86.3 Å². The van der Waals surface area contributed by atoms with E-state index in [4.69, 9.17) is 0 Å². The molecule has 0 heterocycles. The van der Waals surface area contributed by atoms with E-state index in [1.807, 2.05) is 0 Å². The summed E-state index contributed by atoms with van der Waals surface area (Å²) in [5.74, 6) is 0.811. The second-order valence-corrected chi connectivity index (χ2v) is 5.78. The van der Waals surface area contributed by atoms with Gasteiger partial charge in [-0.25, -0.2) is 0 Å². The lowest BCUT2D eigenvalue weighted by atomic mass is 10.2. The van der Waals surface area contributed by atoms with Crippen LogP contribution in [0.2, 0.25) is 0 Å². The highest BCUT2D eigenvalue weighted by atomic mass is 32.2. The molecular formula is C11H12N2O4S. The number of non-ortho nitro benzene ring substituents is 1. The molecule has 0 radical (unpaired) electrons. The fraction of sp³-hybridized carbons (Fsp3) is 0.455. The summed E-state index contributed by atoms with van der Waals surface area (Å²) in [4.78, 5) is 20.8. The van der Waals surface area contributed by atoms with Crippen LogP contribution in [0.1, 0.15) is 19.8 Å². The summed E-state index contributed by atoms with van der Waals surface area (Å²) in [6, 6.07) is 3.80. The lowest BCUT2D eigenvalue weighted by Gasteiger charge is -2.07. The number of rotatable bonds is 5. The number of thioether (sulfide) groups is 1. The molecule has 1 aromatic rings. The Balaban J connectivity index is 2.22. The van der Waals surface area contributed by atoms with Crippen LogP contribution in [0.25, 0.3) is 0 Å². The largest absolute Gasteiger partial charge is 0.289 e. The molecule has 0 bridgehead atoms. The monoisotopic (exact) mass is 268 g/mol. The van der Waals surface area contributed by atoms with E-state index in [0.717, 1.165) is 24.7 Å².